The monoisotopic (exact) mass is 276 g/mol. The maximum atomic E-state index is 12.4. The number of hydrogen-bond acceptors (Lipinski definition) is 5. The predicted molar refractivity (Wildman–Crippen MR) is 74.9 cm³/mol. The highest BCUT2D eigenvalue weighted by Gasteiger charge is 2.36. The number of likely N-dealkylation sites (tertiary alicyclic amines) is 1. The van der Waals surface area contributed by atoms with E-state index < -0.39 is 0 Å². The summed E-state index contributed by atoms with van der Waals surface area (Å²) in [5.74, 6) is 0.421. The molecule has 1 amide bonds. The first-order valence-electron chi connectivity index (χ1n) is 7.02. The average molecular weight is 276 g/mol. The van der Waals surface area contributed by atoms with Gasteiger partial charge in [0.25, 0.3) is 5.91 Å². The van der Waals surface area contributed by atoms with Crippen LogP contribution in [0.25, 0.3) is 0 Å². The Balaban J connectivity index is 1.60. The number of pyridine rings is 1. The molecule has 0 bridgehead atoms. The summed E-state index contributed by atoms with van der Waals surface area (Å²) < 4.78 is 5.15. The fraction of sp³-hybridized carbons (Fsp3) is 0.571. The zero-order valence-electron chi connectivity index (χ0n) is 11.7. The third-order valence-corrected chi connectivity index (χ3v) is 4.01. The van der Waals surface area contributed by atoms with E-state index >= 15 is 0 Å². The summed E-state index contributed by atoms with van der Waals surface area (Å²) in [6, 6.07) is 4.04. The number of amides is 1. The number of ether oxygens (including phenoxy) is 1. The van der Waals surface area contributed by atoms with Crippen LogP contribution in [0.15, 0.2) is 18.3 Å². The number of carbonyl (C=O) groups excluding carboxylic acids is 1. The van der Waals surface area contributed by atoms with Gasteiger partial charge in [0.2, 0.25) is 5.88 Å². The molecule has 0 unspecified atom stereocenters. The molecule has 2 aliphatic heterocycles. The lowest BCUT2D eigenvalue weighted by atomic mass is 10.0. The maximum absolute atomic E-state index is 12.4. The number of aromatic nitrogens is 1. The van der Waals surface area contributed by atoms with Crippen LogP contribution in [0.5, 0.6) is 5.88 Å². The fourth-order valence-corrected chi connectivity index (χ4v) is 2.79. The van der Waals surface area contributed by atoms with Crippen molar-refractivity contribution in [1.29, 1.82) is 0 Å². The van der Waals surface area contributed by atoms with Crippen molar-refractivity contribution < 1.29 is 9.53 Å². The van der Waals surface area contributed by atoms with E-state index in [0.717, 1.165) is 39.3 Å². The van der Waals surface area contributed by atoms with Gasteiger partial charge in [-0.25, -0.2) is 4.98 Å². The van der Waals surface area contributed by atoms with Gasteiger partial charge in [-0.1, -0.05) is 0 Å². The number of carbonyl (C=O) groups is 1. The van der Waals surface area contributed by atoms with Gasteiger partial charge in [0, 0.05) is 51.5 Å². The van der Waals surface area contributed by atoms with Crippen molar-refractivity contribution in [3.05, 3.63) is 23.9 Å². The Morgan fingerprint density at radius 1 is 1.40 bits per heavy atom. The largest absolute Gasteiger partial charge is 0.480 e. The molecule has 108 valence electrons. The van der Waals surface area contributed by atoms with E-state index in [0.29, 0.717) is 17.5 Å². The van der Waals surface area contributed by atoms with Gasteiger partial charge in [0.1, 0.15) is 5.56 Å². The van der Waals surface area contributed by atoms with Crippen molar-refractivity contribution in [1.82, 2.24) is 20.1 Å². The topological polar surface area (TPSA) is 57.7 Å². The highest BCUT2D eigenvalue weighted by Crippen LogP contribution is 2.22. The summed E-state index contributed by atoms with van der Waals surface area (Å²) in [5, 5.41) is 3.35. The molecule has 3 rings (SSSR count). The van der Waals surface area contributed by atoms with Crippen LogP contribution in [0.2, 0.25) is 0 Å². The molecule has 1 aromatic rings. The van der Waals surface area contributed by atoms with Crippen LogP contribution in [-0.4, -0.2) is 73.1 Å². The number of hydrogen-bond donors (Lipinski definition) is 1. The molecule has 0 aromatic carbocycles. The molecule has 0 spiro atoms. The van der Waals surface area contributed by atoms with Crippen LogP contribution in [-0.2, 0) is 0 Å². The zero-order valence-corrected chi connectivity index (χ0v) is 11.7. The Morgan fingerprint density at radius 2 is 2.15 bits per heavy atom. The van der Waals surface area contributed by atoms with E-state index in [4.69, 9.17) is 4.74 Å². The van der Waals surface area contributed by atoms with Crippen molar-refractivity contribution in [2.24, 2.45) is 0 Å². The number of nitrogens with one attached hydrogen (secondary N) is 1. The normalized spacial score (nSPS) is 20.6. The van der Waals surface area contributed by atoms with Crippen molar-refractivity contribution in [2.45, 2.75) is 6.04 Å². The lowest BCUT2D eigenvalue weighted by molar-refractivity contribution is 0.0224. The molecule has 0 aliphatic carbocycles. The van der Waals surface area contributed by atoms with Gasteiger partial charge in [-0.2, -0.15) is 0 Å². The molecule has 2 saturated heterocycles. The van der Waals surface area contributed by atoms with Crippen LogP contribution >= 0.6 is 0 Å². The fourth-order valence-electron chi connectivity index (χ4n) is 2.79. The molecule has 0 atom stereocenters. The van der Waals surface area contributed by atoms with Gasteiger partial charge in [-0.3, -0.25) is 9.69 Å². The van der Waals surface area contributed by atoms with Gasteiger partial charge in [-0.05, 0) is 12.1 Å². The second kappa shape index (κ2) is 5.76. The minimum absolute atomic E-state index is 0.0151. The van der Waals surface area contributed by atoms with E-state index in [-0.39, 0.29) is 5.91 Å². The van der Waals surface area contributed by atoms with Gasteiger partial charge >= 0.3 is 0 Å². The van der Waals surface area contributed by atoms with Gasteiger partial charge < -0.3 is 15.0 Å². The van der Waals surface area contributed by atoms with Crippen LogP contribution < -0.4 is 10.1 Å². The van der Waals surface area contributed by atoms with Crippen LogP contribution in [0.3, 0.4) is 0 Å². The zero-order chi connectivity index (χ0) is 13.9. The van der Waals surface area contributed by atoms with Crippen LogP contribution in [0.1, 0.15) is 10.4 Å². The van der Waals surface area contributed by atoms with Crippen molar-refractivity contribution in [2.75, 3.05) is 46.4 Å². The van der Waals surface area contributed by atoms with Crippen LogP contribution in [0, 0.1) is 0 Å². The number of nitrogens with zero attached hydrogens (tertiary/aromatic N) is 3. The molecule has 6 heteroatoms. The highest BCUT2D eigenvalue weighted by molar-refractivity contribution is 5.96. The predicted octanol–water partition coefficient (Wildman–Crippen LogP) is -0.180. The molecule has 20 heavy (non-hydrogen) atoms. The minimum atomic E-state index is 0.0151. The highest BCUT2D eigenvalue weighted by atomic mass is 16.5. The van der Waals surface area contributed by atoms with Gasteiger partial charge in [0.15, 0.2) is 0 Å². The summed E-state index contributed by atoms with van der Waals surface area (Å²) in [6.45, 7) is 5.83. The Bertz CT molecular complexity index is 482. The van der Waals surface area contributed by atoms with E-state index in [1.54, 1.807) is 25.4 Å². The summed E-state index contributed by atoms with van der Waals surface area (Å²) in [6.07, 6.45) is 1.63. The Morgan fingerprint density at radius 3 is 2.85 bits per heavy atom. The van der Waals surface area contributed by atoms with Crippen molar-refractivity contribution in [3.8, 4) is 5.88 Å². The number of methoxy groups -OCH3 is 1. The average Bonchev–Trinajstić information content (AvgIpc) is 2.46. The molecular weight excluding hydrogens is 256 g/mol. The van der Waals surface area contributed by atoms with E-state index in [1.807, 2.05) is 4.90 Å². The molecule has 6 nitrogen and oxygen atoms in total. The summed E-state index contributed by atoms with van der Waals surface area (Å²) in [5.41, 5.74) is 0.550. The van der Waals surface area contributed by atoms with Gasteiger partial charge in [-0.15, -0.1) is 0 Å². The molecule has 1 N–H and O–H groups in total. The summed E-state index contributed by atoms with van der Waals surface area (Å²) in [7, 11) is 1.54. The summed E-state index contributed by atoms with van der Waals surface area (Å²) in [4.78, 5) is 20.8. The standard InChI is InChI=1S/C14H20N4O2/c1-20-13-12(3-2-4-16-13)14(19)18-9-11(10-18)17-7-5-15-6-8-17/h2-4,11,15H,5-10H2,1H3. The molecule has 2 fully saturated rings. The SMILES string of the molecule is COc1ncccc1C(=O)N1CC(N2CCNCC2)C1. The molecule has 0 saturated carbocycles. The molecule has 3 heterocycles. The second-order valence-electron chi connectivity index (χ2n) is 5.21. The first-order valence-corrected chi connectivity index (χ1v) is 7.02. The minimum Gasteiger partial charge on any atom is -0.480 e. The third-order valence-electron chi connectivity index (χ3n) is 4.01. The Hall–Kier alpha value is -1.66. The lowest BCUT2D eigenvalue weighted by Gasteiger charge is -2.46. The number of rotatable bonds is 3. The lowest BCUT2D eigenvalue weighted by Crippen LogP contribution is -2.63. The van der Waals surface area contributed by atoms with Crippen molar-refractivity contribution >= 4 is 5.91 Å². The number of piperazine rings is 1. The van der Waals surface area contributed by atoms with E-state index in [1.165, 1.54) is 0 Å². The smallest absolute Gasteiger partial charge is 0.259 e. The first kappa shape index (κ1) is 13.3. The van der Waals surface area contributed by atoms with E-state index in [9.17, 15) is 4.79 Å². The second-order valence-corrected chi connectivity index (χ2v) is 5.21. The Kier molecular flexibility index (Phi) is 3.84. The van der Waals surface area contributed by atoms with E-state index in [2.05, 4.69) is 15.2 Å². The Labute approximate surface area is 118 Å². The summed E-state index contributed by atoms with van der Waals surface area (Å²) >= 11 is 0. The molecule has 0 radical (unpaired) electrons. The first-order chi connectivity index (χ1) is 9.79. The molecule has 1 aromatic heterocycles. The van der Waals surface area contributed by atoms with Gasteiger partial charge in [0.05, 0.1) is 7.11 Å². The van der Waals surface area contributed by atoms with Crippen molar-refractivity contribution in [3.63, 3.8) is 0 Å². The molecule has 2 aliphatic rings. The van der Waals surface area contributed by atoms with Crippen LogP contribution in [0.4, 0.5) is 0 Å². The maximum Gasteiger partial charge on any atom is 0.259 e. The molecular formula is C14H20N4O2. The quantitative estimate of drug-likeness (QED) is 0.830. The third kappa shape index (κ3) is 2.48.